The van der Waals surface area contributed by atoms with Crippen LogP contribution in [0.25, 0.3) is 0 Å². The summed E-state index contributed by atoms with van der Waals surface area (Å²) in [7, 11) is 3.96. The fourth-order valence-electron chi connectivity index (χ4n) is 2.48. The van der Waals surface area contributed by atoms with E-state index in [0.29, 0.717) is 6.04 Å². The third kappa shape index (κ3) is 6.84. The summed E-state index contributed by atoms with van der Waals surface area (Å²) in [6, 6.07) is 11.0. The predicted octanol–water partition coefficient (Wildman–Crippen LogP) is 2.68. The normalized spacial score (nSPS) is 13.1. The van der Waals surface area contributed by atoms with E-state index in [2.05, 4.69) is 75.2 Å². The standard InChI is InChI=1S/C19H29N5S/c1-15(24(4)13-17-8-6-5-7-9-17)12-22-19(20-3)21-11-10-18-14-25-16(2)23-18/h5-9,14-15H,10-13H2,1-4H3,(H2,20,21,22). The zero-order chi connectivity index (χ0) is 18.1. The molecule has 1 aromatic carbocycles. The number of nitrogens with zero attached hydrogens (tertiary/aromatic N) is 3. The van der Waals surface area contributed by atoms with Crippen LogP contribution in [-0.4, -0.2) is 49.1 Å². The number of rotatable bonds is 8. The van der Waals surface area contributed by atoms with Gasteiger partial charge < -0.3 is 10.6 Å². The van der Waals surface area contributed by atoms with E-state index >= 15 is 0 Å². The molecule has 0 bridgehead atoms. The summed E-state index contributed by atoms with van der Waals surface area (Å²) in [4.78, 5) is 11.1. The van der Waals surface area contributed by atoms with E-state index in [-0.39, 0.29) is 0 Å². The molecular formula is C19H29N5S. The van der Waals surface area contributed by atoms with Crippen LogP contribution >= 0.6 is 11.3 Å². The van der Waals surface area contributed by atoms with Gasteiger partial charge >= 0.3 is 0 Å². The number of nitrogens with one attached hydrogen (secondary N) is 2. The van der Waals surface area contributed by atoms with Gasteiger partial charge in [0.1, 0.15) is 0 Å². The van der Waals surface area contributed by atoms with Crippen molar-refractivity contribution in [2.45, 2.75) is 32.9 Å². The first-order valence-corrected chi connectivity index (χ1v) is 9.56. The lowest BCUT2D eigenvalue weighted by Gasteiger charge is -2.25. The van der Waals surface area contributed by atoms with Gasteiger partial charge in [0.2, 0.25) is 0 Å². The van der Waals surface area contributed by atoms with Crippen LogP contribution in [0.2, 0.25) is 0 Å². The molecule has 0 radical (unpaired) electrons. The number of aliphatic imine (C=N–C) groups is 1. The molecule has 0 saturated heterocycles. The smallest absolute Gasteiger partial charge is 0.191 e. The van der Waals surface area contributed by atoms with E-state index in [9.17, 15) is 0 Å². The second-order valence-corrected chi connectivity index (χ2v) is 7.30. The molecule has 0 aliphatic heterocycles. The van der Waals surface area contributed by atoms with Crippen molar-refractivity contribution in [1.82, 2.24) is 20.5 Å². The van der Waals surface area contributed by atoms with Crippen molar-refractivity contribution >= 4 is 17.3 Å². The first-order valence-electron chi connectivity index (χ1n) is 8.68. The molecule has 2 N–H and O–H groups in total. The molecule has 136 valence electrons. The Bertz CT molecular complexity index is 653. The van der Waals surface area contributed by atoms with Gasteiger partial charge in [0.05, 0.1) is 10.7 Å². The third-order valence-electron chi connectivity index (χ3n) is 4.16. The monoisotopic (exact) mass is 359 g/mol. The number of guanidine groups is 1. The Morgan fingerprint density at radius 2 is 2.04 bits per heavy atom. The Kier molecular flexibility index (Phi) is 7.88. The van der Waals surface area contributed by atoms with Crippen molar-refractivity contribution in [3.8, 4) is 0 Å². The van der Waals surface area contributed by atoms with Crippen LogP contribution in [0.3, 0.4) is 0 Å². The van der Waals surface area contributed by atoms with Crippen LogP contribution < -0.4 is 10.6 Å². The summed E-state index contributed by atoms with van der Waals surface area (Å²) in [6.07, 6.45) is 0.911. The Labute approximate surface area is 155 Å². The summed E-state index contributed by atoms with van der Waals surface area (Å²) < 4.78 is 0. The van der Waals surface area contributed by atoms with Crippen LogP contribution in [0.5, 0.6) is 0 Å². The average molecular weight is 360 g/mol. The molecular weight excluding hydrogens is 330 g/mol. The van der Waals surface area contributed by atoms with Crippen LogP contribution in [0, 0.1) is 6.92 Å². The van der Waals surface area contributed by atoms with E-state index in [1.54, 1.807) is 18.4 Å². The first kappa shape index (κ1) is 19.4. The van der Waals surface area contributed by atoms with Gasteiger partial charge in [-0.15, -0.1) is 11.3 Å². The van der Waals surface area contributed by atoms with E-state index in [1.165, 1.54) is 5.56 Å². The number of thiazole rings is 1. The summed E-state index contributed by atoms with van der Waals surface area (Å²) in [6.45, 7) is 6.88. The predicted molar refractivity (Wildman–Crippen MR) is 107 cm³/mol. The lowest BCUT2D eigenvalue weighted by Crippen LogP contribution is -2.45. The van der Waals surface area contributed by atoms with Crippen LogP contribution in [-0.2, 0) is 13.0 Å². The Balaban J connectivity index is 1.70. The molecule has 0 aliphatic carbocycles. The van der Waals surface area contributed by atoms with Gasteiger partial charge in [0.25, 0.3) is 0 Å². The Hall–Kier alpha value is -1.92. The van der Waals surface area contributed by atoms with Gasteiger partial charge in [-0.1, -0.05) is 30.3 Å². The van der Waals surface area contributed by atoms with Crippen molar-refractivity contribution in [2.24, 2.45) is 4.99 Å². The molecule has 2 rings (SSSR count). The molecule has 1 atom stereocenters. The van der Waals surface area contributed by atoms with Crippen molar-refractivity contribution < 1.29 is 0 Å². The minimum absolute atomic E-state index is 0.403. The van der Waals surface area contributed by atoms with Gasteiger partial charge in [-0.2, -0.15) is 0 Å². The highest BCUT2D eigenvalue weighted by Gasteiger charge is 2.10. The molecule has 6 heteroatoms. The maximum absolute atomic E-state index is 4.48. The second-order valence-electron chi connectivity index (χ2n) is 6.24. The quantitative estimate of drug-likeness (QED) is 0.562. The third-order valence-corrected chi connectivity index (χ3v) is 4.98. The topological polar surface area (TPSA) is 52.6 Å². The number of hydrogen-bond donors (Lipinski definition) is 2. The maximum atomic E-state index is 4.48. The van der Waals surface area contributed by atoms with Crippen LogP contribution in [0.1, 0.15) is 23.2 Å². The summed E-state index contributed by atoms with van der Waals surface area (Å²) in [5.41, 5.74) is 2.47. The lowest BCUT2D eigenvalue weighted by atomic mass is 10.2. The molecule has 1 unspecified atom stereocenters. The molecule has 5 nitrogen and oxygen atoms in total. The molecule has 0 aliphatic rings. The molecule has 0 saturated carbocycles. The van der Waals surface area contributed by atoms with Crippen molar-refractivity contribution in [2.75, 3.05) is 27.2 Å². The Morgan fingerprint density at radius 3 is 2.68 bits per heavy atom. The van der Waals surface area contributed by atoms with Gasteiger partial charge in [0, 0.05) is 44.5 Å². The molecule has 25 heavy (non-hydrogen) atoms. The molecule has 0 fully saturated rings. The second kappa shape index (κ2) is 10.2. The zero-order valence-corrected chi connectivity index (χ0v) is 16.4. The molecule has 1 heterocycles. The highest BCUT2D eigenvalue weighted by atomic mass is 32.1. The summed E-state index contributed by atoms with van der Waals surface area (Å²) in [5, 5.41) is 10.0. The van der Waals surface area contributed by atoms with Crippen molar-refractivity contribution in [1.29, 1.82) is 0 Å². The van der Waals surface area contributed by atoms with Gasteiger partial charge in [0.15, 0.2) is 5.96 Å². The van der Waals surface area contributed by atoms with E-state index < -0.39 is 0 Å². The number of aryl methyl sites for hydroxylation is 1. The minimum Gasteiger partial charge on any atom is -0.356 e. The average Bonchev–Trinajstić information content (AvgIpc) is 3.03. The summed E-state index contributed by atoms with van der Waals surface area (Å²) >= 11 is 1.70. The maximum Gasteiger partial charge on any atom is 0.191 e. The largest absolute Gasteiger partial charge is 0.356 e. The number of aromatic nitrogens is 1. The van der Waals surface area contributed by atoms with E-state index in [4.69, 9.17) is 0 Å². The molecule has 0 spiro atoms. The first-order chi connectivity index (χ1) is 12.1. The van der Waals surface area contributed by atoms with Gasteiger partial charge in [-0.05, 0) is 26.5 Å². The number of hydrogen-bond acceptors (Lipinski definition) is 4. The highest BCUT2D eigenvalue weighted by Crippen LogP contribution is 2.08. The van der Waals surface area contributed by atoms with Crippen molar-refractivity contribution in [3.63, 3.8) is 0 Å². The van der Waals surface area contributed by atoms with Gasteiger partial charge in [-0.3, -0.25) is 9.89 Å². The highest BCUT2D eigenvalue weighted by molar-refractivity contribution is 7.09. The fourth-order valence-corrected chi connectivity index (χ4v) is 3.13. The fraction of sp³-hybridized carbons (Fsp3) is 0.474. The molecule has 1 aromatic heterocycles. The summed E-state index contributed by atoms with van der Waals surface area (Å²) in [5.74, 6) is 0.840. The lowest BCUT2D eigenvalue weighted by molar-refractivity contribution is 0.249. The van der Waals surface area contributed by atoms with Crippen molar-refractivity contribution in [3.05, 3.63) is 52.0 Å². The molecule has 2 aromatic rings. The Morgan fingerprint density at radius 1 is 1.28 bits per heavy atom. The number of benzene rings is 1. The van der Waals surface area contributed by atoms with E-state index in [0.717, 1.165) is 42.7 Å². The van der Waals surface area contributed by atoms with Crippen LogP contribution in [0.15, 0.2) is 40.7 Å². The molecule has 0 amide bonds. The number of likely N-dealkylation sites (N-methyl/N-ethyl adjacent to an activating group) is 1. The SMILES string of the molecule is CN=C(NCCc1csc(C)n1)NCC(C)N(C)Cc1ccccc1. The van der Waals surface area contributed by atoms with Crippen LogP contribution in [0.4, 0.5) is 0 Å². The van der Waals surface area contributed by atoms with E-state index in [1.807, 2.05) is 6.92 Å². The van der Waals surface area contributed by atoms with Gasteiger partial charge in [-0.25, -0.2) is 4.98 Å². The minimum atomic E-state index is 0.403. The zero-order valence-electron chi connectivity index (χ0n) is 15.6.